The molecule has 0 aliphatic carbocycles. The van der Waals surface area contributed by atoms with Crippen LogP contribution in [0, 0.1) is 25.2 Å². The maximum atomic E-state index is 12.8. The van der Waals surface area contributed by atoms with E-state index in [1.807, 2.05) is 48.9 Å². The fourth-order valence-electron chi connectivity index (χ4n) is 2.96. The topological polar surface area (TPSA) is 61.9 Å². The average Bonchev–Trinajstić information content (AvgIpc) is 2.96. The average molecular weight is 379 g/mol. The Bertz CT molecular complexity index is 1030. The Balaban J connectivity index is 1.86. The number of carbonyl (C=O) groups excluding carboxylic acids is 1. The van der Waals surface area contributed by atoms with Crippen molar-refractivity contribution in [3.05, 3.63) is 76.1 Å². The summed E-state index contributed by atoms with van der Waals surface area (Å²) in [6, 6.07) is 16.5. The summed E-state index contributed by atoms with van der Waals surface area (Å²) in [4.78, 5) is 14.4. The predicted octanol–water partition coefficient (Wildman–Crippen LogP) is 4.22. The van der Waals surface area contributed by atoms with Gasteiger partial charge in [-0.25, -0.2) is 4.68 Å². The number of halogens is 1. The third-order valence-corrected chi connectivity index (χ3v) is 4.83. The van der Waals surface area contributed by atoms with Crippen LogP contribution in [-0.2, 0) is 11.2 Å². The van der Waals surface area contributed by atoms with Crippen LogP contribution in [0.25, 0.3) is 5.69 Å². The van der Waals surface area contributed by atoms with Crippen LogP contribution in [0.1, 0.15) is 22.5 Å². The van der Waals surface area contributed by atoms with Gasteiger partial charge in [0, 0.05) is 29.0 Å². The van der Waals surface area contributed by atoms with E-state index in [0.717, 1.165) is 22.6 Å². The number of aryl methyl sites for hydroxylation is 1. The van der Waals surface area contributed by atoms with Gasteiger partial charge >= 0.3 is 0 Å². The van der Waals surface area contributed by atoms with Gasteiger partial charge in [0.1, 0.15) is 0 Å². The summed E-state index contributed by atoms with van der Waals surface area (Å²) in [6.07, 6.45) is 0.235. The molecule has 3 aromatic rings. The largest absolute Gasteiger partial charge is 0.315 e. The lowest BCUT2D eigenvalue weighted by atomic mass is 10.1. The molecule has 0 bridgehead atoms. The van der Waals surface area contributed by atoms with Crippen molar-refractivity contribution in [2.45, 2.75) is 20.3 Å². The van der Waals surface area contributed by atoms with E-state index in [1.165, 1.54) is 0 Å². The number of benzene rings is 2. The first-order valence-electron chi connectivity index (χ1n) is 8.48. The van der Waals surface area contributed by atoms with Crippen LogP contribution >= 0.6 is 11.6 Å². The third kappa shape index (κ3) is 3.86. The Morgan fingerprint density at radius 2 is 1.93 bits per heavy atom. The number of carbonyl (C=O) groups is 1. The number of anilines is 1. The quantitative estimate of drug-likeness (QED) is 0.682. The number of hydrogen-bond acceptors (Lipinski definition) is 3. The van der Waals surface area contributed by atoms with E-state index < -0.39 is 0 Å². The molecular weight excluding hydrogens is 360 g/mol. The number of nitriles is 1. The van der Waals surface area contributed by atoms with E-state index in [-0.39, 0.29) is 12.3 Å². The Kier molecular flexibility index (Phi) is 5.29. The lowest BCUT2D eigenvalue weighted by molar-refractivity contribution is -0.117. The molecule has 0 spiro atoms. The van der Waals surface area contributed by atoms with Gasteiger partial charge in [-0.15, -0.1) is 0 Å². The predicted molar refractivity (Wildman–Crippen MR) is 106 cm³/mol. The maximum Gasteiger partial charge on any atom is 0.231 e. The first kappa shape index (κ1) is 18.7. The van der Waals surface area contributed by atoms with Crippen LogP contribution in [0.3, 0.4) is 0 Å². The summed E-state index contributed by atoms with van der Waals surface area (Å²) in [5.74, 6) is -0.0630. The summed E-state index contributed by atoms with van der Waals surface area (Å²) in [7, 11) is 1.72. The molecule has 0 atom stereocenters. The van der Waals surface area contributed by atoms with Gasteiger partial charge in [0.25, 0.3) is 0 Å². The number of likely N-dealkylation sites (N-methyl/N-ethyl adjacent to an activating group) is 1. The monoisotopic (exact) mass is 378 g/mol. The fourth-order valence-corrected chi connectivity index (χ4v) is 3.09. The highest BCUT2D eigenvalue weighted by atomic mass is 35.5. The highest BCUT2D eigenvalue weighted by Crippen LogP contribution is 2.22. The maximum absolute atomic E-state index is 12.8. The lowest BCUT2D eigenvalue weighted by Gasteiger charge is -2.17. The Hall–Kier alpha value is -3.10. The van der Waals surface area contributed by atoms with E-state index in [1.54, 1.807) is 30.1 Å². The molecule has 1 amide bonds. The molecule has 6 heteroatoms. The molecule has 0 aliphatic heterocycles. The highest BCUT2D eigenvalue weighted by molar-refractivity contribution is 6.30. The van der Waals surface area contributed by atoms with E-state index in [2.05, 4.69) is 11.2 Å². The second kappa shape index (κ2) is 7.65. The normalized spacial score (nSPS) is 10.5. The molecule has 0 unspecified atom stereocenters. The van der Waals surface area contributed by atoms with Gasteiger partial charge in [0.15, 0.2) is 0 Å². The van der Waals surface area contributed by atoms with Crippen molar-refractivity contribution < 1.29 is 4.79 Å². The Morgan fingerprint density at radius 1 is 1.22 bits per heavy atom. The van der Waals surface area contributed by atoms with Crippen LogP contribution in [0.15, 0.2) is 48.5 Å². The van der Waals surface area contributed by atoms with Crippen LogP contribution in [0.5, 0.6) is 0 Å². The molecule has 0 aliphatic rings. The summed E-state index contributed by atoms with van der Waals surface area (Å²) in [6.45, 7) is 3.85. The fraction of sp³-hybridized carbons (Fsp3) is 0.190. The van der Waals surface area contributed by atoms with Crippen LogP contribution in [0.4, 0.5) is 5.69 Å². The van der Waals surface area contributed by atoms with Crippen LogP contribution in [-0.4, -0.2) is 22.7 Å². The summed E-state index contributed by atoms with van der Waals surface area (Å²) in [5, 5.41) is 14.3. The minimum Gasteiger partial charge on any atom is -0.315 e. The molecule has 0 radical (unpaired) electrons. The molecule has 1 aromatic heterocycles. The van der Waals surface area contributed by atoms with Crippen molar-refractivity contribution in [1.82, 2.24) is 9.78 Å². The van der Waals surface area contributed by atoms with Gasteiger partial charge in [-0.2, -0.15) is 10.4 Å². The first-order chi connectivity index (χ1) is 12.9. The molecule has 136 valence electrons. The van der Waals surface area contributed by atoms with Gasteiger partial charge < -0.3 is 4.90 Å². The molecule has 3 rings (SSSR count). The molecular formula is C21H19ClN4O. The molecule has 0 saturated carbocycles. The Labute approximate surface area is 163 Å². The van der Waals surface area contributed by atoms with E-state index in [0.29, 0.717) is 16.3 Å². The molecule has 1 heterocycles. The zero-order valence-corrected chi connectivity index (χ0v) is 16.2. The smallest absolute Gasteiger partial charge is 0.231 e. The summed E-state index contributed by atoms with van der Waals surface area (Å²) >= 11 is 5.96. The molecule has 0 saturated heterocycles. The number of hydrogen-bond donors (Lipinski definition) is 0. The summed E-state index contributed by atoms with van der Waals surface area (Å²) < 4.78 is 1.82. The molecule has 0 N–H and O–H groups in total. The third-order valence-electron chi connectivity index (χ3n) is 4.58. The molecule has 0 fully saturated rings. The molecule has 27 heavy (non-hydrogen) atoms. The van der Waals surface area contributed by atoms with Gasteiger partial charge in [-0.3, -0.25) is 4.79 Å². The van der Waals surface area contributed by atoms with Crippen molar-refractivity contribution >= 4 is 23.2 Å². The minimum atomic E-state index is -0.0630. The van der Waals surface area contributed by atoms with Crippen molar-refractivity contribution in [1.29, 1.82) is 5.26 Å². The minimum absolute atomic E-state index is 0.0630. The number of amides is 1. The molecule has 5 nitrogen and oxygen atoms in total. The first-order valence-corrected chi connectivity index (χ1v) is 8.86. The van der Waals surface area contributed by atoms with Gasteiger partial charge in [0.05, 0.1) is 29.4 Å². The molecule has 2 aromatic carbocycles. The van der Waals surface area contributed by atoms with Gasteiger partial charge in [0.2, 0.25) is 5.91 Å². The lowest BCUT2D eigenvalue weighted by Crippen LogP contribution is -2.28. The van der Waals surface area contributed by atoms with Gasteiger partial charge in [-0.1, -0.05) is 17.7 Å². The highest BCUT2D eigenvalue weighted by Gasteiger charge is 2.19. The van der Waals surface area contributed by atoms with Crippen molar-refractivity contribution in [3.63, 3.8) is 0 Å². The second-order valence-corrected chi connectivity index (χ2v) is 6.77. The number of rotatable bonds is 4. The van der Waals surface area contributed by atoms with Crippen LogP contribution < -0.4 is 4.90 Å². The zero-order valence-electron chi connectivity index (χ0n) is 15.4. The van der Waals surface area contributed by atoms with E-state index >= 15 is 0 Å². The standard InChI is InChI=1S/C21H19ClN4O/c1-14-20(15(2)26(24-14)18-9-7-17(22)8-10-18)12-21(27)25(3)19-6-4-5-16(11-19)13-23/h4-11H,12H2,1-3H3. The van der Waals surface area contributed by atoms with E-state index in [9.17, 15) is 4.79 Å². The van der Waals surface area contributed by atoms with Crippen molar-refractivity contribution in [2.75, 3.05) is 11.9 Å². The Morgan fingerprint density at radius 3 is 2.59 bits per heavy atom. The van der Waals surface area contributed by atoms with Crippen molar-refractivity contribution in [3.8, 4) is 11.8 Å². The second-order valence-electron chi connectivity index (χ2n) is 6.33. The van der Waals surface area contributed by atoms with E-state index in [4.69, 9.17) is 16.9 Å². The zero-order chi connectivity index (χ0) is 19.6. The van der Waals surface area contributed by atoms with Crippen molar-refractivity contribution in [2.24, 2.45) is 0 Å². The summed E-state index contributed by atoms with van der Waals surface area (Å²) in [5.41, 5.74) is 4.75. The number of nitrogens with zero attached hydrogens (tertiary/aromatic N) is 4. The van der Waals surface area contributed by atoms with Gasteiger partial charge in [-0.05, 0) is 56.3 Å². The SMILES string of the molecule is Cc1nn(-c2ccc(Cl)cc2)c(C)c1CC(=O)N(C)c1cccc(C#N)c1. The number of aromatic nitrogens is 2. The van der Waals surface area contributed by atoms with Crippen LogP contribution in [0.2, 0.25) is 5.02 Å².